The van der Waals surface area contributed by atoms with Crippen LogP contribution in [0.25, 0.3) is 0 Å². The molecule has 0 radical (unpaired) electrons. The number of rotatable bonds is 3. The maximum absolute atomic E-state index is 12.0. The van der Waals surface area contributed by atoms with Crippen molar-refractivity contribution in [1.82, 2.24) is 0 Å². The molecular weight excluding hydrogens is 214 g/mol. The summed E-state index contributed by atoms with van der Waals surface area (Å²) in [6.45, 7) is 14.3. The summed E-state index contributed by atoms with van der Waals surface area (Å²) >= 11 is 0. The first-order valence-electron chi connectivity index (χ1n) is 6.12. The first kappa shape index (κ1) is 16.2. The molecule has 0 heterocycles. The van der Waals surface area contributed by atoms with Crippen molar-refractivity contribution in [2.75, 3.05) is 6.54 Å². The van der Waals surface area contributed by atoms with Gasteiger partial charge in [-0.05, 0) is 46.1 Å². The van der Waals surface area contributed by atoms with E-state index in [9.17, 15) is 4.79 Å². The van der Waals surface area contributed by atoms with E-state index in [2.05, 4.69) is 20.8 Å². The highest BCUT2D eigenvalue weighted by Crippen LogP contribution is 2.31. The van der Waals surface area contributed by atoms with Crippen molar-refractivity contribution in [1.29, 1.82) is 0 Å². The largest absolute Gasteiger partial charge is 0.457 e. The molecule has 0 aliphatic rings. The Hall–Kier alpha value is -0.830. The average molecular weight is 241 g/mol. The lowest BCUT2D eigenvalue weighted by atomic mass is 9.81. The van der Waals surface area contributed by atoms with Gasteiger partial charge in [-0.1, -0.05) is 26.3 Å². The fourth-order valence-electron chi connectivity index (χ4n) is 1.75. The Balaban J connectivity index is 5.15. The predicted octanol–water partition coefficient (Wildman–Crippen LogP) is 3.04. The molecule has 100 valence electrons. The van der Waals surface area contributed by atoms with Gasteiger partial charge in [0.2, 0.25) is 0 Å². The standard InChI is InChI=1S/C14H27NO2/c1-10(12(16)17-14(5,6)7)11(8-9-15)13(2,3)4/h8-9,15H2,1-7H3. The van der Waals surface area contributed by atoms with Gasteiger partial charge >= 0.3 is 5.97 Å². The van der Waals surface area contributed by atoms with Gasteiger partial charge < -0.3 is 10.5 Å². The number of carbonyl (C=O) groups excluding carboxylic acids is 1. The molecule has 0 aromatic rings. The van der Waals surface area contributed by atoms with Gasteiger partial charge in [0.15, 0.2) is 0 Å². The Morgan fingerprint density at radius 1 is 1.12 bits per heavy atom. The van der Waals surface area contributed by atoms with Gasteiger partial charge in [0, 0.05) is 5.57 Å². The second-order valence-electron chi connectivity index (χ2n) is 6.39. The molecule has 0 atom stereocenters. The van der Waals surface area contributed by atoms with E-state index in [0.717, 1.165) is 12.0 Å². The highest BCUT2D eigenvalue weighted by molar-refractivity contribution is 5.89. The monoisotopic (exact) mass is 241 g/mol. The van der Waals surface area contributed by atoms with Crippen LogP contribution >= 0.6 is 0 Å². The van der Waals surface area contributed by atoms with E-state index in [1.54, 1.807) is 0 Å². The van der Waals surface area contributed by atoms with Crippen molar-refractivity contribution in [3.63, 3.8) is 0 Å². The SMILES string of the molecule is CC(C(=O)OC(C)(C)C)=C(CCN)C(C)(C)C. The summed E-state index contributed by atoms with van der Waals surface area (Å²) in [6, 6.07) is 0. The van der Waals surface area contributed by atoms with Crippen molar-refractivity contribution in [2.24, 2.45) is 11.1 Å². The fraction of sp³-hybridized carbons (Fsp3) is 0.786. The summed E-state index contributed by atoms with van der Waals surface area (Å²) in [5.74, 6) is -0.240. The van der Waals surface area contributed by atoms with E-state index in [4.69, 9.17) is 10.5 Å². The smallest absolute Gasteiger partial charge is 0.334 e. The van der Waals surface area contributed by atoms with Crippen LogP contribution in [0.3, 0.4) is 0 Å². The van der Waals surface area contributed by atoms with Gasteiger partial charge in [-0.15, -0.1) is 0 Å². The Morgan fingerprint density at radius 3 is 1.88 bits per heavy atom. The molecule has 0 saturated heterocycles. The predicted molar refractivity (Wildman–Crippen MR) is 71.7 cm³/mol. The zero-order valence-electron chi connectivity index (χ0n) is 12.3. The second-order valence-corrected chi connectivity index (χ2v) is 6.39. The van der Waals surface area contributed by atoms with Crippen molar-refractivity contribution in [3.8, 4) is 0 Å². The van der Waals surface area contributed by atoms with Crippen molar-refractivity contribution in [3.05, 3.63) is 11.1 Å². The molecule has 0 aliphatic carbocycles. The minimum absolute atomic E-state index is 0.0552. The number of carbonyl (C=O) groups is 1. The highest BCUT2D eigenvalue weighted by Gasteiger charge is 2.25. The molecule has 0 aliphatic heterocycles. The van der Waals surface area contributed by atoms with Gasteiger partial charge in [-0.3, -0.25) is 0 Å². The van der Waals surface area contributed by atoms with Gasteiger partial charge in [-0.2, -0.15) is 0 Å². The second kappa shape index (κ2) is 5.67. The third-order valence-corrected chi connectivity index (χ3v) is 2.46. The Bertz CT molecular complexity index is 303. The third-order valence-electron chi connectivity index (χ3n) is 2.46. The minimum atomic E-state index is -0.454. The normalized spacial score (nSPS) is 14.4. The topological polar surface area (TPSA) is 52.3 Å². The summed E-state index contributed by atoms with van der Waals surface area (Å²) in [6.07, 6.45) is 0.731. The van der Waals surface area contributed by atoms with Crippen LogP contribution in [0.4, 0.5) is 0 Å². The van der Waals surface area contributed by atoms with Gasteiger partial charge in [-0.25, -0.2) is 4.79 Å². The lowest BCUT2D eigenvalue weighted by Gasteiger charge is -2.27. The van der Waals surface area contributed by atoms with E-state index >= 15 is 0 Å². The van der Waals surface area contributed by atoms with E-state index in [0.29, 0.717) is 12.1 Å². The molecule has 3 heteroatoms. The first-order chi connectivity index (χ1) is 7.49. The van der Waals surface area contributed by atoms with Crippen LogP contribution in [0.15, 0.2) is 11.1 Å². The van der Waals surface area contributed by atoms with Crippen LogP contribution in [0.5, 0.6) is 0 Å². The molecule has 0 bridgehead atoms. The number of hydrogen-bond donors (Lipinski definition) is 1. The van der Waals surface area contributed by atoms with E-state index in [1.165, 1.54) is 0 Å². The molecule has 0 rings (SSSR count). The van der Waals surface area contributed by atoms with Crippen LogP contribution in [-0.2, 0) is 9.53 Å². The number of hydrogen-bond acceptors (Lipinski definition) is 3. The summed E-state index contributed by atoms with van der Waals surface area (Å²) in [7, 11) is 0. The summed E-state index contributed by atoms with van der Waals surface area (Å²) in [5, 5.41) is 0. The first-order valence-corrected chi connectivity index (χ1v) is 6.12. The average Bonchev–Trinajstić information content (AvgIpc) is 2.08. The lowest BCUT2D eigenvalue weighted by molar-refractivity contribution is -0.149. The van der Waals surface area contributed by atoms with E-state index < -0.39 is 5.60 Å². The Labute approximate surface area is 105 Å². The maximum Gasteiger partial charge on any atom is 0.334 e. The molecule has 17 heavy (non-hydrogen) atoms. The molecule has 0 unspecified atom stereocenters. The third kappa shape index (κ3) is 5.87. The van der Waals surface area contributed by atoms with Crippen molar-refractivity contribution < 1.29 is 9.53 Å². The number of ether oxygens (including phenoxy) is 1. The lowest BCUT2D eigenvalue weighted by Crippen LogP contribution is -2.26. The number of esters is 1. The highest BCUT2D eigenvalue weighted by atomic mass is 16.6. The maximum atomic E-state index is 12.0. The van der Waals surface area contributed by atoms with Crippen LogP contribution in [-0.4, -0.2) is 18.1 Å². The van der Waals surface area contributed by atoms with Gasteiger partial charge in [0.1, 0.15) is 5.60 Å². The van der Waals surface area contributed by atoms with Crippen molar-refractivity contribution in [2.45, 2.75) is 60.5 Å². The van der Waals surface area contributed by atoms with E-state index in [1.807, 2.05) is 27.7 Å². The molecule has 0 aromatic carbocycles. The molecule has 2 N–H and O–H groups in total. The quantitative estimate of drug-likeness (QED) is 0.610. The zero-order valence-corrected chi connectivity index (χ0v) is 12.3. The summed E-state index contributed by atoms with van der Waals surface area (Å²) < 4.78 is 5.38. The molecule has 0 saturated carbocycles. The molecule has 0 amide bonds. The van der Waals surface area contributed by atoms with Crippen LogP contribution in [0.2, 0.25) is 0 Å². The van der Waals surface area contributed by atoms with E-state index in [-0.39, 0.29) is 11.4 Å². The minimum Gasteiger partial charge on any atom is -0.457 e. The van der Waals surface area contributed by atoms with Crippen LogP contribution in [0, 0.1) is 5.41 Å². The molecule has 0 spiro atoms. The molecular formula is C14H27NO2. The molecule has 0 aromatic heterocycles. The zero-order chi connectivity index (χ0) is 13.9. The fourth-order valence-corrected chi connectivity index (χ4v) is 1.75. The van der Waals surface area contributed by atoms with Crippen molar-refractivity contribution >= 4 is 5.97 Å². The van der Waals surface area contributed by atoms with Crippen LogP contribution < -0.4 is 5.73 Å². The van der Waals surface area contributed by atoms with Gasteiger partial charge in [0.25, 0.3) is 0 Å². The summed E-state index contributed by atoms with van der Waals surface area (Å²) in [5.41, 5.74) is 6.87. The van der Waals surface area contributed by atoms with Crippen LogP contribution in [0.1, 0.15) is 54.9 Å². The summed E-state index contributed by atoms with van der Waals surface area (Å²) in [4.78, 5) is 12.0. The molecule has 3 nitrogen and oxygen atoms in total. The van der Waals surface area contributed by atoms with Gasteiger partial charge in [0.05, 0.1) is 0 Å². The number of nitrogens with two attached hydrogens (primary N) is 1. The Kier molecular flexibility index (Phi) is 5.40. The molecule has 0 fully saturated rings. The Morgan fingerprint density at radius 2 is 1.59 bits per heavy atom.